The summed E-state index contributed by atoms with van der Waals surface area (Å²) in [5, 5.41) is 7.15. The molecule has 0 spiro atoms. The predicted molar refractivity (Wildman–Crippen MR) is 70.7 cm³/mol. The third kappa shape index (κ3) is 3.36. The molecule has 102 valence electrons. The standard InChI is InChI=1S/C13H18N4O2/c1-9-4-5-15-7-11(9)13-16-12(19-17-13)6-10(14-2)8-18-3/h4-5,7,10,14H,6,8H2,1-3H3. The maximum atomic E-state index is 5.27. The molecule has 0 aliphatic carbocycles. The first-order chi connectivity index (χ1) is 9.24. The fraction of sp³-hybridized carbons (Fsp3) is 0.462. The van der Waals surface area contributed by atoms with E-state index in [1.54, 1.807) is 19.5 Å². The van der Waals surface area contributed by atoms with Crippen molar-refractivity contribution in [3.63, 3.8) is 0 Å². The van der Waals surface area contributed by atoms with Crippen molar-refractivity contribution in [2.45, 2.75) is 19.4 Å². The van der Waals surface area contributed by atoms with Gasteiger partial charge < -0.3 is 14.6 Å². The Morgan fingerprint density at radius 1 is 1.47 bits per heavy atom. The van der Waals surface area contributed by atoms with Crippen LogP contribution in [-0.2, 0) is 11.2 Å². The minimum absolute atomic E-state index is 0.160. The summed E-state index contributed by atoms with van der Waals surface area (Å²) in [6.07, 6.45) is 4.13. The molecule has 2 rings (SSSR count). The number of hydrogen-bond donors (Lipinski definition) is 1. The molecule has 2 aromatic rings. The molecular formula is C13H18N4O2. The van der Waals surface area contributed by atoms with Crippen LogP contribution in [0.5, 0.6) is 0 Å². The maximum absolute atomic E-state index is 5.27. The summed E-state index contributed by atoms with van der Waals surface area (Å²) in [6.45, 7) is 2.59. The summed E-state index contributed by atoms with van der Waals surface area (Å²) in [5.74, 6) is 1.17. The van der Waals surface area contributed by atoms with Crippen LogP contribution in [-0.4, -0.2) is 41.9 Å². The number of ether oxygens (including phenoxy) is 1. The van der Waals surface area contributed by atoms with Gasteiger partial charge in [-0.1, -0.05) is 5.16 Å². The van der Waals surface area contributed by atoms with Crippen molar-refractivity contribution in [3.05, 3.63) is 29.9 Å². The van der Waals surface area contributed by atoms with E-state index in [2.05, 4.69) is 20.4 Å². The van der Waals surface area contributed by atoms with E-state index < -0.39 is 0 Å². The summed E-state index contributed by atoms with van der Waals surface area (Å²) in [7, 11) is 3.55. The molecule has 0 fully saturated rings. The van der Waals surface area contributed by atoms with Crippen molar-refractivity contribution >= 4 is 0 Å². The van der Waals surface area contributed by atoms with Gasteiger partial charge in [0.1, 0.15) is 0 Å². The Balaban J connectivity index is 2.13. The molecular weight excluding hydrogens is 244 g/mol. The first-order valence-electron chi connectivity index (χ1n) is 6.14. The maximum Gasteiger partial charge on any atom is 0.228 e. The van der Waals surface area contributed by atoms with Crippen LogP contribution >= 0.6 is 0 Å². The van der Waals surface area contributed by atoms with Gasteiger partial charge in [-0.3, -0.25) is 4.98 Å². The number of rotatable bonds is 6. The lowest BCUT2D eigenvalue weighted by molar-refractivity contribution is 0.165. The SMILES string of the molecule is CNC(COC)Cc1nc(-c2cnccc2C)no1. The molecule has 0 saturated carbocycles. The topological polar surface area (TPSA) is 73.1 Å². The fourth-order valence-electron chi connectivity index (χ4n) is 1.80. The quantitative estimate of drug-likeness (QED) is 0.843. The summed E-state index contributed by atoms with van der Waals surface area (Å²) in [5.41, 5.74) is 1.97. The Hall–Kier alpha value is -1.79. The molecule has 1 unspecified atom stereocenters. The number of hydrogen-bond acceptors (Lipinski definition) is 6. The first kappa shape index (κ1) is 13.6. The lowest BCUT2D eigenvalue weighted by Gasteiger charge is -2.11. The van der Waals surface area contributed by atoms with Crippen LogP contribution in [0.4, 0.5) is 0 Å². The van der Waals surface area contributed by atoms with E-state index in [0.29, 0.717) is 24.7 Å². The Bertz CT molecular complexity index is 527. The largest absolute Gasteiger partial charge is 0.383 e. The Kier molecular flexibility index (Phi) is 4.59. The van der Waals surface area contributed by atoms with Gasteiger partial charge in [-0.25, -0.2) is 0 Å². The highest BCUT2D eigenvalue weighted by molar-refractivity contribution is 5.57. The number of pyridine rings is 1. The smallest absolute Gasteiger partial charge is 0.228 e. The molecule has 0 bridgehead atoms. The molecule has 19 heavy (non-hydrogen) atoms. The van der Waals surface area contributed by atoms with Crippen LogP contribution in [0.1, 0.15) is 11.5 Å². The Morgan fingerprint density at radius 3 is 3.00 bits per heavy atom. The second-order valence-corrected chi connectivity index (χ2v) is 4.35. The Labute approximate surface area is 112 Å². The normalized spacial score (nSPS) is 12.6. The number of methoxy groups -OCH3 is 1. The summed E-state index contributed by atoms with van der Waals surface area (Å²) in [4.78, 5) is 8.48. The predicted octanol–water partition coefficient (Wildman–Crippen LogP) is 1.22. The van der Waals surface area contributed by atoms with E-state index >= 15 is 0 Å². The van der Waals surface area contributed by atoms with E-state index in [-0.39, 0.29) is 6.04 Å². The second kappa shape index (κ2) is 6.40. The molecule has 6 heteroatoms. The van der Waals surface area contributed by atoms with E-state index in [1.165, 1.54) is 0 Å². The van der Waals surface area contributed by atoms with E-state index in [4.69, 9.17) is 9.26 Å². The third-order valence-corrected chi connectivity index (χ3v) is 2.95. The zero-order valence-corrected chi connectivity index (χ0v) is 11.4. The molecule has 2 heterocycles. The van der Waals surface area contributed by atoms with Crippen molar-refractivity contribution in [1.29, 1.82) is 0 Å². The van der Waals surface area contributed by atoms with Crippen molar-refractivity contribution in [2.75, 3.05) is 20.8 Å². The molecule has 2 aromatic heterocycles. The van der Waals surface area contributed by atoms with Gasteiger partial charge >= 0.3 is 0 Å². The highest BCUT2D eigenvalue weighted by atomic mass is 16.5. The van der Waals surface area contributed by atoms with E-state index in [1.807, 2.05) is 20.0 Å². The van der Waals surface area contributed by atoms with Crippen LogP contribution in [0.15, 0.2) is 23.0 Å². The molecule has 0 radical (unpaired) electrons. The lowest BCUT2D eigenvalue weighted by Crippen LogP contribution is -2.32. The monoisotopic (exact) mass is 262 g/mol. The van der Waals surface area contributed by atoms with E-state index in [9.17, 15) is 0 Å². The van der Waals surface area contributed by atoms with Gasteiger partial charge in [-0.05, 0) is 25.6 Å². The molecule has 0 amide bonds. The highest BCUT2D eigenvalue weighted by Crippen LogP contribution is 2.18. The summed E-state index contributed by atoms with van der Waals surface area (Å²) < 4.78 is 10.4. The lowest BCUT2D eigenvalue weighted by atomic mass is 10.1. The fourth-order valence-corrected chi connectivity index (χ4v) is 1.80. The number of nitrogens with one attached hydrogen (secondary N) is 1. The van der Waals surface area contributed by atoms with Gasteiger partial charge in [0.25, 0.3) is 0 Å². The molecule has 0 aliphatic rings. The van der Waals surface area contributed by atoms with Gasteiger partial charge in [0.05, 0.1) is 6.61 Å². The van der Waals surface area contributed by atoms with Crippen molar-refractivity contribution < 1.29 is 9.26 Å². The zero-order chi connectivity index (χ0) is 13.7. The van der Waals surface area contributed by atoms with Crippen molar-refractivity contribution in [2.24, 2.45) is 0 Å². The minimum atomic E-state index is 0.160. The minimum Gasteiger partial charge on any atom is -0.383 e. The van der Waals surface area contributed by atoms with E-state index in [0.717, 1.165) is 11.1 Å². The van der Waals surface area contributed by atoms with Gasteiger partial charge in [0, 0.05) is 37.5 Å². The van der Waals surface area contributed by atoms with Crippen LogP contribution < -0.4 is 5.32 Å². The average Bonchev–Trinajstić information content (AvgIpc) is 2.87. The molecule has 1 N–H and O–H groups in total. The second-order valence-electron chi connectivity index (χ2n) is 4.35. The van der Waals surface area contributed by atoms with Crippen LogP contribution in [0.3, 0.4) is 0 Å². The zero-order valence-electron chi connectivity index (χ0n) is 11.4. The third-order valence-electron chi connectivity index (χ3n) is 2.95. The molecule has 0 aliphatic heterocycles. The average molecular weight is 262 g/mol. The highest BCUT2D eigenvalue weighted by Gasteiger charge is 2.15. The van der Waals surface area contributed by atoms with Gasteiger partial charge in [-0.2, -0.15) is 4.98 Å². The molecule has 1 atom stereocenters. The van der Waals surface area contributed by atoms with Crippen LogP contribution in [0.25, 0.3) is 11.4 Å². The number of nitrogens with zero attached hydrogens (tertiary/aromatic N) is 3. The number of likely N-dealkylation sites (N-methyl/N-ethyl adjacent to an activating group) is 1. The molecule has 0 saturated heterocycles. The summed E-state index contributed by atoms with van der Waals surface area (Å²) in [6, 6.07) is 2.08. The number of aryl methyl sites for hydroxylation is 1. The summed E-state index contributed by atoms with van der Waals surface area (Å²) >= 11 is 0. The van der Waals surface area contributed by atoms with Crippen LogP contribution in [0.2, 0.25) is 0 Å². The van der Waals surface area contributed by atoms with Gasteiger partial charge in [0.15, 0.2) is 0 Å². The molecule has 0 aromatic carbocycles. The first-order valence-corrected chi connectivity index (χ1v) is 6.14. The number of aromatic nitrogens is 3. The van der Waals surface area contributed by atoms with Crippen molar-refractivity contribution in [3.8, 4) is 11.4 Å². The van der Waals surface area contributed by atoms with Gasteiger partial charge in [-0.15, -0.1) is 0 Å². The Morgan fingerprint density at radius 2 is 2.32 bits per heavy atom. The molecule has 6 nitrogen and oxygen atoms in total. The van der Waals surface area contributed by atoms with Crippen LogP contribution in [0, 0.1) is 6.92 Å². The van der Waals surface area contributed by atoms with Gasteiger partial charge in [0.2, 0.25) is 11.7 Å². The van der Waals surface area contributed by atoms with Crippen molar-refractivity contribution in [1.82, 2.24) is 20.4 Å².